The highest BCUT2D eigenvalue weighted by Gasteiger charge is 2.20. The Balaban J connectivity index is 1.77. The lowest BCUT2D eigenvalue weighted by Crippen LogP contribution is -2.35. The second-order valence-electron chi connectivity index (χ2n) is 7.60. The Kier molecular flexibility index (Phi) is 7.55. The quantitative estimate of drug-likeness (QED) is 0.665. The first-order valence-corrected chi connectivity index (χ1v) is 9.29. The Hall–Kier alpha value is -2.89. The van der Waals surface area contributed by atoms with Gasteiger partial charge in [-0.1, -0.05) is 39.0 Å². The molecule has 2 aromatic rings. The van der Waals surface area contributed by atoms with Crippen LogP contribution < -0.4 is 15.4 Å². The maximum atomic E-state index is 13.2. The average Bonchev–Trinajstić information content (AvgIpc) is 2.63. The topological polar surface area (TPSA) is 67.4 Å². The largest absolute Gasteiger partial charge is 0.489 e. The van der Waals surface area contributed by atoms with Crippen LogP contribution >= 0.6 is 0 Å². The second kappa shape index (κ2) is 9.88. The van der Waals surface area contributed by atoms with Crippen LogP contribution in [0.2, 0.25) is 0 Å². The predicted octanol–water partition coefficient (Wildman–Crippen LogP) is 4.29. The highest BCUT2D eigenvalue weighted by molar-refractivity contribution is 5.90. The molecule has 6 heteroatoms. The summed E-state index contributed by atoms with van der Waals surface area (Å²) in [6.07, 6.45) is 0.863. The zero-order chi connectivity index (χ0) is 20.6. The number of carbonyl (C=O) groups excluding carboxylic acids is 2. The van der Waals surface area contributed by atoms with Gasteiger partial charge in [0.15, 0.2) is 0 Å². The summed E-state index contributed by atoms with van der Waals surface area (Å²) in [7, 11) is 0. The molecule has 28 heavy (non-hydrogen) atoms. The Labute approximate surface area is 165 Å². The number of benzene rings is 2. The van der Waals surface area contributed by atoms with Gasteiger partial charge in [0.25, 0.3) is 0 Å². The van der Waals surface area contributed by atoms with Crippen LogP contribution in [0, 0.1) is 11.2 Å². The number of anilines is 1. The third-order valence-corrected chi connectivity index (χ3v) is 3.96. The highest BCUT2D eigenvalue weighted by Crippen LogP contribution is 2.19. The Morgan fingerprint density at radius 1 is 1.07 bits per heavy atom. The third-order valence-electron chi connectivity index (χ3n) is 3.96. The van der Waals surface area contributed by atoms with E-state index < -0.39 is 5.41 Å². The summed E-state index contributed by atoms with van der Waals surface area (Å²) < 4.78 is 18.9. The maximum Gasteiger partial charge on any atom is 0.225 e. The van der Waals surface area contributed by atoms with Crippen molar-refractivity contribution in [3.05, 3.63) is 59.9 Å². The van der Waals surface area contributed by atoms with Crippen LogP contribution in [0.15, 0.2) is 48.5 Å². The van der Waals surface area contributed by atoms with Crippen molar-refractivity contribution in [2.45, 2.75) is 40.2 Å². The lowest BCUT2D eigenvalue weighted by atomic mass is 9.96. The minimum Gasteiger partial charge on any atom is -0.489 e. The van der Waals surface area contributed by atoms with Crippen molar-refractivity contribution in [3.8, 4) is 5.75 Å². The molecule has 0 aromatic heterocycles. The van der Waals surface area contributed by atoms with Crippen LogP contribution in [0.1, 0.15) is 39.2 Å². The summed E-state index contributed by atoms with van der Waals surface area (Å²) in [4.78, 5) is 23.8. The highest BCUT2D eigenvalue weighted by atomic mass is 19.1. The molecule has 0 saturated heterocycles. The predicted molar refractivity (Wildman–Crippen MR) is 108 cm³/mol. The van der Waals surface area contributed by atoms with Crippen LogP contribution in [-0.2, 0) is 16.2 Å². The van der Waals surface area contributed by atoms with Gasteiger partial charge < -0.3 is 15.4 Å². The molecule has 2 N–H and O–H groups in total. The number of rotatable bonds is 8. The monoisotopic (exact) mass is 386 g/mol. The molecular weight excluding hydrogens is 359 g/mol. The molecule has 0 saturated carbocycles. The molecule has 0 aliphatic heterocycles. The van der Waals surface area contributed by atoms with Crippen molar-refractivity contribution in [2.24, 2.45) is 5.41 Å². The van der Waals surface area contributed by atoms with Gasteiger partial charge in [-0.2, -0.15) is 0 Å². The van der Waals surface area contributed by atoms with E-state index in [0.29, 0.717) is 30.8 Å². The summed E-state index contributed by atoms with van der Waals surface area (Å²) >= 11 is 0. The van der Waals surface area contributed by atoms with E-state index in [1.807, 2.05) is 20.8 Å². The summed E-state index contributed by atoms with van der Waals surface area (Å²) in [5.41, 5.74) is 0.918. The number of hydrogen-bond acceptors (Lipinski definition) is 3. The van der Waals surface area contributed by atoms with Crippen molar-refractivity contribution >= 4 is 17.5 Å². The van der Waals surface area contributed by atoms with E-state index in [2.05, 4.69) is 10.6 Å². The Morgan fingerprint density at radius 3 is 2.54 bits per heavy atom. The van der Waals surface area contributed by atoms with Crippen molar-refractivity contribution in [1.82, 2.24) is 5.32 Å². The summed E-state index contributed by atoms with van der Waals surface area (Å²) in [5, 5.41) is 5.64. The number of amides is 2. The van der Waals surface area contributed by atoms with Crippen molar-refractivity contribution in [2.75, 3.05) is 11.9 Å². The zero-order valence-corrected chi connectivity index (χ0v) is 16.5. The molecule has 0 atom stereocenters. The molecule has 0 fully saturated rings. The zero-order valence-electron chi connectivity index (χ0n) is 16.5. The van der Waals surface area contributed by atoms with Gasteiger partial charge in [-0.3, -0.25) is 9.59 Å². The second-order valence-corrected chi connectivity index (χ2v) is 7.60. The van der Waals surface area contributed by atoms with E-state index >= 15 is 0 Å². The fourth-order valence-corrected chi connectivity index (χ4v) is 2.40. The molecule has 0 heterocycles. The summed E-state index contributed by atoms with van der Waals surface area (Å²) in [6.45, 7) is 6.23. The SMILES string of the molecule is CC(C)(C)C(=O)NCCCC(=O)Nc1cccc(OCc2cccc(F)c2)c1. The summed E-state index contributed by atoms with van der Waals surface area (Å²) in [6, 6.07) is 13.3. The van der Waals surface area contributed by atoms with Gasteiger partial charge in [0.1, 0.15) is 18.2 Å². The van der Waals surface area contributed by atoms with E-state index in [1.54, 1.807) is 36.4 Å². The van der Waals surface area contributed by atoms with Gasteiger partial charge in [0.05, 0.1) is 0 Å². The molecule has 0 bridgehead atoms. The maximum absolute atomic E-state index is 13.2. The first kappa shape index (κ1) is 21.4. The molecule has 2 amide bonds. The Morgan fingerprint density at radius 2 is 1.82 bits per heavy atom. The lowest BCUT2D eigenvalue weighted by Gasteiger charge is -2.17. The first-order valence-electron chi connectivity index (χ1n) is 9.29. The van der Waals surface area contributed by atoms with Gasteiger partial charge >= 0.3 is 0 Å². The number of nitrogens with one attached hydrogen (secondary N) is 2. The molecule has 0 unspecified atom stereocenters. The molecule has 0 radical (unpaired) electrons. The van der Waals surface area contributed by atoms with Gasteiger partial charge in [-0.25, -0.2) is 4.39 Å². The van der Waals surface area contributed by atoms with E-state index in [0.717, 1.165) is 5.56 Å². The number of ether oxygens (including phenoxy) is 1. The summed E-state index contributed by atoms with van der Waals surface area (Å²) in [5.74, 6) is 0.114. The average molecular weight is 386 g/mol. The van der Waals surface area contributed by atoms with Crippen molar-refractivity contribution < 1.29 is 18.7 Å². The molecule has 2 aromatic carbocycles. The standard InChI is InChI=1S/C22H27FN2O3/c1-22(2,3)21(27)24-12-6-11-20(26)25-18-9-5-10-19(14-18)28-15-16-7-4-8-17(23)13-16/h4-5,7-10,13-14H,6,11-12,15H2,1-3H3,(H,24,27)(H,25,26). The van der Waals surface area contributed by atoms with E-state index in [9.17, 15) is 14.0 Å². The normalized spacial score (nSPS) is 11.0. The van der Waals surface area contributed by atoms with E-state index in [4.69, 9.17) is 4.74 Å². The fourth-order valence-electron chi connectivity index (χ4n) is 2.40. The number of carbonyl (C=O) groups is 2. The minimum atomic E-state index is -0.436. The molecule has 150 valence electrons. The molecule has 5 nitrogen and oxygen atoms in total. The minimum absolute atomic E-state index is 0.0314. The van der Waals surface area contributed by atoms with E-state index in [1.165, 1.54) is 12.1 Å². The van der Waals surface area contributed by atoms with Gasteiger partial charge in [0.2, 0.25) is 11.8 Å². The van der Waals surface area contributed by atoms with Crippen LogP contribution in [-0.4, -0.2) is 18.4 Å². The third kappa shape index (κ3) is 7.39. The lowest BCUT2D eigenvalue weighted by molar-refractivity contribution is -0.128. The molecule has 0 aliphatic rings. The smallest absolute Gasteiger partial charge is 0.225 e. The van der Waals surface area contributed by atoms with Crippen LogP contribution in [0.3, 0.4) is 0 Å². The first-order chi connectivity index (χ1) is 13.2. The number of halogens is 1. The van der Waals surface area contributed by atoms with Gasteiger partial charge in [-0.15, -0.1) is 0 Å². The van der Waals surface area contributed by atoms with Gasteiger partial charge in [0, 0.05) is 30.1 Å². The van der Waals surface area contributed by atoms with Crippen LogP contribution in [0.5, 0.6) is 5.75 Å². The van der Waals surface area contributed by atoms with Crippen molar-refractivity contribution in [3.63, 3.8) is 0 Å². The Bertz CT molecular complexity index is 815. The molecule has 2 rings (SSSR count). The van der Waals surface area contributed by atoms with Gasteiger partial charge in [-0.05, 0) is 36.2 Å². The van der Waals surface area contributed by atoms with Crippen LogP contribution in [0.25, 0.3) is 0 Å². The van der Waals surface area contributed by atoms with E-state index in [-0.39, 0.29) is 24.2 Å². The molecular formula is C22H27FN2O3. The number of hydrogen-bond donors (Lipinski definition) is 2. The molecule has 0 spiro atoms. The van der Waals surface area contributed by atoms with Crippen LogP contribution in [0.4, 0.5) is 10.1 Å². The molecule has 0 aliphatic carbocycles. The van der Waals surface area contributed by atoms with Crippen molar-refractivity contribution in [1.29, 1.82) is 0 Å². The fraction of sp³-hybridized carbons (Fsp3) is 0.364.